The lowest BCUT2D eigenvalue weighted by Crippen LogP contribution is -2.47. The molecular weight excluding hydrogens is 721 g/mol. The first kappa shape index (κ1) is 40.5. The van der Waals surface area contributed by atoms with E-state index in [0.29, 0.717) is 88.2 Å². The molecular formula is C35H48N10O8S. The number of carbonyl (C=O) groups is 4. The number of carbonyl (C=O) groups excluding carboxylic acids is 2. The van der Waals surface area contributed by atoms with Crippen LogP contribution in [-0.4, -0.2) is 162 Å². The van der Waals surface area contributed by atoms with Gasteiger partial charge in [0.25, 0.3) is 6.47 Å². The third-order valence-corrected chi connectivity index (χ3v) is 9.66. The van der Waals surface area contributed by atoms with E-state index in [2.05, 4.69) is 25.4 Å². The Morgan fingerprint density at radius 2 is 1.46 bits per heavy atom. The number of fused-ring (bicyclic) bond motifs is 8. The van der Waals surface area contributed by atoms with Gasteiger partial charge in [0, 0.05) is 70.3 Å². The molecule has 6 bridgehead atoms. The van der Waals surface area contributed by atoms with Crippen molar-refractivity contribution >= 4 is 36.3 Å². The van der Waals surface area contributed by atoms with E-state index in [4.69, 9.17) is 19.4 Å². The van der Waals surface area contributed by atoms with Gasteiger partial charge < -0.3 is 19.7 Å². The zero-order chi connectivity index (χ0) is 38.7. The van der Waals surface area contributed by atoms with Gasteiger partial charge in [0.15, 0.2) is 6.23 Å². The van der Waals surface area contributed by atoms with Gasteiger partial charge in [0.2, 0.25) is 0 Å². The summed E-state index contributed by atoms with van der Waals surface area (Å²) in [6.45, 7) is 10.4. The Labute approximate surface area is 317 Å². The average molecular weight is 769 g/mol. The maximum Gasteiger partial charge on any atom is 0.410 e. The lowest BCUT2D eigenvalue weighted by Gasteiger charge is -2.33. The number of aromatic nitrogens is 5. The van der Waals surface area contributed by atoms with E-state index in [1.54, 1.807) is 31.6 Å². The number of carboxylic acids is 2. The first-order valence-electron chi connectivity index (χ1n) is 17.7. The molecule has 3 aromatic heterocycles. The molecule has 0 spiro atoms. The van der Waals surface area contributed by atoms with Gasteiger partial charge in [-0.25, -0.2) is 14.5 Å². The largest absolute Gasteiger partial charge is 0.480 e. The maximum atomic E-state index is 12.5. The number of nitrogens with zero attached hydrogens (tertiary/aromatic N) is 9. The van der Waals surface area contributed by atoms with Crippen LogP contribution in [0.5, 0.6) is 0 Å². The summed E-state index contributed by atoms with van der Waals surface area (Å²) in [5, 5.41) is 30.7. The third kappa shape index (κ3) is 13.0. The van der Waals surface area contributed by atoms with E-state index < -0.39 is 29.9 Å². The second-order valence-electron chi connectivity index (χ2n) is 14.1. The normalized spacial score (nSPS) is 19.5. The summed E-state index contributed by atoms with van der Waals surface area (Å²) < 4.78 is 12.3. The molecule has 0 unspecified atom stereocenters. The van der Waals surface area contributed by atoms with Gasteiger partial charge in [-0.05, 0) is 45.0 Å². The van der Waals surface area contributed by atoms with E-state index >= 15 is 0 Å². The SMILES string of the molecule is CC(C)(C)OC(=O)N[C@@H](CSc1cc2nc(c1)Cn1nncc1-c1cccc(n1)CN1CCN(CC(=O)O)CCN(CCN(CC(=O)O)CC1)C2)OC=O. The average Bonchev–Trinajstić information content (AvgIpc) is 3.55. The molecule has 1 fully saturated rings. The van der Waals surface area contributed by atoms with Crippen molar-refractivity contribution in [3.63, 3.8) is 0 Å². The summed E-state index contributed by atoms with van der Waals surface area (Å²) in [7, 11) is 0. The monoisotopic (exact) mass is 768 g/mol. The van der Waals surface area contributed by atoms with E-state index in [1.807, 2.05) is 40.1 Å². The summed E-state index contributed by atoms with van der Waals surface area (Å²) in [5.41, 5.74) is 2.77. The number of aliphatic carboxylic acids is 2. The molecule has 1 amide bonds. The van der Waals surface area contributed by atoms with Crippen molar-refractivity contribution in [3.05, 3.63) is 53.6 Å². The summed E-state index contributed by atoms with van der Waals surface area (Å²) in [6, 6.07) is 9.56. The van der Waals surface area contributed by atoms with Crippen LogP contribution in [0.3, 0.4) is 0 Å². The van der Waals surface area contributed by atoms with Crippen LogP contribution in [0.1, 0.15) is 37.9 Å². The molecule has 19 heteroatoms. The number of thioether (sulfide) groups is 1. The van der Waals surface area contributed by atoms with Crippen LogP contribution in [0.25, 0.3) is 11.4 Å². The molecule has 6 rings (SSSR count). The van der Waals surface area contributed by atoms with Crippen molar-refractivity contribution in [2.75, 3.05) is 71.2 Å². The molecule has 3 aliphatic heterocycles. The lowest BCUT2D eigenvalue weighted by molar-refractivity contribution is -0.139. The second kappa shape index (κ2) is 19.1. The van der Waals surface area contributed by atoms with Crippen molar-refractivity contribution in [2.45, 2.75) is 57.1 Å². The standard InChI is InChI=1S/C35H48N10O8S/c1-35(2,3)53-34(51)39-31(52-24-46)23-54-28-15-26-19-42-9-13-43(21-32(47)48)11-7-41(8-12-44(14-10-42)22-33(49)50)18-25-5-4-6-29(38-25)30-17-36-40-45(30)20-27(16-28)37-26/h4-6,15-17,24,31H,7-14,18-23H2,1-3H3,(H,39,51)(H,47,48)(H,49,50)/t31-/m1/s1. The van der Waals surface area contributed by atoms with Gasteiger partial charge >= 0.3 is 18.0 Å². The first-order chi connectivity index (χ1) is 25.8. The molecule has 3 aromatic rings. The molecule has 1 atom stereocenters. The molecule has 0 aliphatic carbocycles. The summed E-state index contributed by atoms with van der Waals surface area (Å²) in [5.74, 6) is -1.66. The highest BCUT2D eigenvalue weighted by molar-refractivity contribution is 7.99. The number of hydrogen-bond donors (Lipinski definition) is 3. The van der Waals surface area contributed by atoms with E-state index in [0.717, 1.165) is 10.6 Å². The Balaban J connectivity index is 1.52. The van der Waals surface area contributed by atoms with Crippen molar-refractivity contribution in [2.24, 2.45) is 0 Å². The number of amides is 1. The van der Waals surface area contributed by atoms with Crippen LogP contribution in [0.15, 0.2) is 41.4 Å². The summed E-state index contributed by atoms with van der Waals surface area (Å²) in [4.78, 5) is 66.6. The highest BCUT2D eigenvalue weighted by Gasteiger charge is 2.23. The summed E-state index contributed by atoms with van der Waals surface area (Å²) in [6.07, 6.45) is -0.0503. The molecule has 0 saturated carbocycles. The highest BCUT2D eigenvalue weighted by Crippen LogP contribution is 2.24. The minimum atomic E-state index is -0.979. The number of nitrogens with one attached hydrogen (secondary N) is 1. The highest BCUT2D eigenvalue weighted by atomic mass is 32.2. The molecule has 0 radical (unpaired) electrons. The number of ether oxygens (including phenoxy) is 2. The first-order valence-corrected chi connectivity index (χ1v) is 18.7. The van der Waals surface area contributed by atoms with Gasteiger partial charge in [-0.1, -0.05) is 11.3 Å². The van der Waals surface area contributed by atoms with Crippen molar-refractivity contribution < 1.29 is 38.9 Å². The Bertz CT molecular complexity index is 1720. The van der Waals surface area contributed by atoms with Crippen LogP contribution in [0, 0.1) is 0 Å². The Kier molecular flexibility index (Phi) is 14.3. The summed E-state index contributed by atoms with van der Waals surface area (Å²) >= 11 is 1.35. The van der Waals surface area contributed by atoms with Crippen LogP contribution in [-0.2, 0) is 43.5 Å². The lowest BCUT2D eigenvalue weighted by atomic mass is 10.2. The van der Waals surface area contributed by atoms with Crippen LogP contribution in [0.4, 0.5) is 4.79 Å². The van der Waals surface area contributed by atoms with Gasteiger partial charge in [-0.15, -0.1) is 16.9 Å². The Morgan fingerprint density at radius 3 is 2.04 bits per heavy atom. The van der Waals surface area contributed by atoms with Crippen LogP contribution >= 0.6 is 11.8 Å². The van der Waals surface area contributed by atoms with Crippen molar-refractivity contribution in [1.29, 1.82) is 0 Å². The Morgan fingerprint density at radius 1 is 0.870 bits per heavy atom. The van der Waals surface area contributed by atoms with Crippen molar-refractivity contribution in [1.82, 2.24) is 49.9 Å². The van der Waals surface area contributed by atoms with Crippen molar-refractivity contribution in [3.8, 4) is 11.4 Å². The predicted molar refractivity (Wildman–Crippen MR) is 196 cm³/mol. The van der Waals surface area contributed by atoms with Gasteiger partial charge in [-0.2, -0.15) is 0 Å². The van der Waals surface area contributed by atoms with Crippen LogP contribution in [0.2, 0.25) is 0 Å². The minimum absolute atomic E-state index is 0.118. The zero-order valence-corrected chi connectivity index (χ0v) is 31.6. The van der Waals surface area contributed by atoms with Gasteiger partial charge in [0.05, 0.1) is 54.4 Å². The van der Waals surface area contributed by atoms with Gasteiger partial charge in [-0.3, -0.25) is 44.3 Å². The fraction of sp³-hybridized carbons (Fsp3) is 0.543. The molecule has 0 aromatic carbocycles. The zero-order valence-electron chi connectivity index (χ0n) is 30.8. The molecule has 1 saturated heterocycles. The molecule has 3 aliphatic rings. The predicted octanol–water partition coefficient (Wildman–Crippen LogP) is 1.30. The quantitative estimate of drug-likeness (QED) is 0.151. The molecule has 6 heterocycles. The fourth-order valence-corrected chi connectivity index (χ4v) is 7.09. The van der Waals surface area contributed by atoms with E-state index in [9.17, 15) is 29.4 Å². The number of carboxylic acid groups (broad SMARTS) is 2. The second-order valence-corrected chi connectivity index (χ2v) is 15.2. The molecule has 3 N–H and O–H groups in total. The van der Waals surface area contributed by atoms with E-state index in [1.165, 1.54) is 11.8 Å². The number of alkyl carbamates (subject to hydrolysis) is 1. The number of hydrogen-bond acceptors (Lipinski definition) is 15. The Hall–Kier alpha value is -4.69. The number of rotatable bonds is 10. The fourth-order valence-electron chi connectivity index (χ4n) is 6.15. The maximum absolute atomic E-state index is 12.5. The smallest absolute Gasteiger partial charge is 0.410 e. The molecule has 292 valence electrons. The topological polar surface area (TPSA) is 209 Å². The molecule has 54 heavy (non-hydrogen) atoms. The van der Waals surface area contributed by atoms with E-state index in [-0.39, 0.29) is 31.9 Å². The van der Waals surface area contributed by atoms with Gasteiger partial charge in [0.1, 0.15) is 11.3 Å². The molecule has 18 nitrogen and oxygen atoms in total. The third-order valence-electron chi connectivity index (χ3n) is 8.62. The minimum Gasteiger partial charge on any atom is -0.480 e. The number of pyridine rings is 2. The van der Waals surface area contributed by atoms with Crippen LogP contribution < -0.4 is 5.32 Å².